The summed E-state index contributed by atoms with van der Waals surface area (Å²) in [6, 6.07) is 1.64. The van der Waals surface area contributed by atoms with Crippen molar-refractivity contribution in [3.63, 3.8) is 0 Å². The SMILES string of the molecule is CC(C)CN(C(C)C)C1CCC1. The molecule has 1 heteroatoms. The number of rotatable bonds is 4. The maximum atomic E-state index is 2.67. The van der Waals surface area contributed by atoms with Crippen molar-refractivity contribution in [1.29, 1.82) is 0 Å². The molecule has 0 aliphatic heterocycles. The van der Waals surface area contributed by atoms with Crippen molar-refractivity contribution in [2.45, 2.75) is 59.0 Å². The lowest BCUT2D eigenvalue weighted by molar-refractivity contribution is 0.0817. The fraction of sp³-hybridized carbons (Fsp3) is 1.00. The highest BCUT2D eigenvalue weighted by Crippen LogP contribution is 2.26. The zero-order chi connectivity index (χ0) is 9.14. The molecule has 1 saturated carbocycles. The Morgan fingerprint density at radius 1 is 1.17 bits per heavy atom. The first-order valence-corrected chi connectivity index (χ1v) is 5.37. The monoisotopic (exact) mass is 169 g/mol. The number of hydrogen-bond donors (Lipinski definition) is 0. The Bertz CT molecular complexity index is 125. The molecule has 0 aromatic rings. The molecule has 0 aromatic carbocycles. The lowest BCUT2D eigenvalue weighted by atomic mass is 9.90. The average molecular weight is 169 g/mol. The predicted octanol–water partition coefficient (Wildman–Crippen LogP) is 2.91. The smallest absolute Gasteiger partial charge is 0.00980 e. The van der Waals surface area contributed by atoms with Gasteiger partial charge in [-0.2, -0.15) is 0 Å². The maximum absolute atomic E-state index is 2.67. The molecule has 0 spiro atoms. The van der Waals surface area contributed by atoms with Gasteiger partial charge in [0.05, 0.1) is 0 Å². The summed E-state index contributed by atoms with van der Waals surface area (Å²) in [6.45, 7) is 10.5. The predicted molar refractivity (Wildman–Crippen MR) is 54.3 cm³/mol. The molecule has 0 atom stereocenters. The van der Waals surface area contributed by atoms with E-state index in [2.05, 4.69) is 32.6 Å². The van der Waals surface area contributed by atoms with Gasteiger partial charge in [-0.05, 0) is 32.6 Å². The second kappa shape index (κ2) is 4.27. The fourth-order valence-corrected chi connectivity index (χ4v) is 1.92. The minimum absolute atomic E-state index is 0.734. The van der Waals surface area contributed by atoms with Crippen LogP contribution in [0.5, 0.6) is 0 Å². The Balaban J connectivity index is 2.37. The summed E-state index contributed by atoms with van der Waals surface area (Å²) < 4.78 is 0. The Morgan fingerprint density at radius 2 is 1.75 bits per heavy atom. The van der Waals surface area contributed by atoms with Crippen LogP contribution >= 0.6 is 0 Å². The average Bonchev–Trinajstić information content (AvgIpc) is 1.80. The van der Waals surface area contributed by atoms with E-state index < -0.39 is 0 Å². The molecule has 0 saturated heterocycles. The topological polar surface area (TPSA) is 3.24 Å². The summed E-state index contributed by atoms with van der Waals surface area (Å²) in [7, 11) is 0. The molecule has 1 nitrogen and oxygen atoms in total. The van der Waals surface area contributed by atoms with Crippen molar-refractivity contribution in [2.24, 2.45) is 5.92 Å². The van der Waals surface area contributed by atoms with Crippen molar-refractivity contribution < 1.29 is 0 Å². The highest BCUT2D eigenvalue weighted by Gasteiger charge is 2.26. The van der Waals surface area contributed by atoms with Gasteiger partial charge < -0.3 is 0 Å². The van der Waals surface area contributed by atoms with Crippen LogP contribution in [0.25, 0.3) is 0 Å². The van der Waals surface area contributed by atoms with Crippen molar-refractivity contribution in [2.75, 3.05) is 6.54 Å². The van der Waals surface area contributed by atoms with Gasteiger partial charge in [-0.25, -0.2) is 0 Å². The van der Waals surface area contributed by atoms with Crippen LogP contribution in [0.3, 0.4) is 0 Å². The Labute approximate surface area is 77.1 Å². The molecule has 0 bridgehead atoms. The molecule has 0 amide bonds. The molecule has 0 radical (unpaired) electrons. The largest absolute Gasteiger partial charge is 0.298 e. The van der Waals surface area contributed by atoms with Crippen molar-refractivity contribution >= 4 is 0 Å². The van der Waals surface area contributed by atoms with Crippen LogP contribution in [0.1, 0.15) is 47.0 Å². The van der Waals surface area contributed by atoms with E-state index >= 15 is 0 Å². The van der Waals surface area contributed by atoms with Crippen LogP contribution in [0.15, 0.2) is 0 Å². The first-order chi connectivity index (χ1) is 5.61. The standard InChI is InChI=1S/C11H23N/c1-9(2)8-12(10(3)4)11-6-5-7-11/h9-11H,5-8H2,1-4H3. The molecule has 0 unspecified atom stereocenters. The normalized spacial score (nSPS) is 19.2. The lowest BCUT2D eigenvalue weighted by Crippen LogP contribution is -2.46. The summed E-state index contributed by atoms with van der Waals surface area (Å²) >= 11 is 0. The van der Waals surface area contributed by atoms with Gasteiger partial charge in [0, 0.05) is 18.6 Å². The third-order valence-electron chi connectivity index (χ3n) is 2.78. The molecular weight excluding hydrogens is 146 g/mol. The summed E-state index contributed by atoms with van der Waals surface area (Å²) in [5, 5.41) is 0. The van der Waals surface area contributed by atoms with Crippen LogP contribution in [-0.4, -0.2) is 23.5 Å². The van der Waals surface area contributed by atoms with Crippen molar-refractivity contribution in [1.82, 2.24) is 4.90 Å². The van der Waals surface area contributed by atoms with Gasteiger partial charge in [0.1, 0.15) is 0 Å². The van der Waals surface area contributed by atoms with Gasteiger partial charge >= 0.3 is 0 Å². The van der Waals surface area contributed by atoms with Gasteiger partial charge in [-0.1, -0.05) is 20.3 Å². The van der Waals surface area contributed by atoms with Gasteiger partial charge in [0.15, 0.2) is 0 Å². The quantitative estimate of drug-likeness (QED) is 0.625. The van der Waals surface area contributed by atoms with E-state index in [1.54, 1.807) is 0 Å². The van der Waals surface area contributed by atoms with E-state index in [1.165, 1.54) is 25.8 Å². The Morgan fingerprint density at radius 3 is 2.00 bits per heavy atom. The molecule has 72 valence electrons. The molecule has 12 heavy (non-hydrogen) atoms. The van der Waals surface area contributed by atoms with E-state index in [4.69, 9.17) is 0 Å². The van der Waals surface area contributed by atoms with Crippen LogP contribution in [0.4, 0.5) is 0 Å². The van der Waals surface area contributed by atoms with Crippen LogP contribution in [0, 0.1) is 5.92 Å². The molecular formula is C11H23N. The van der Waals surface area contributed by atoms with E-state index in [0.29, 0.717) is 0 Å². The van der Waals surface area contributed by atoms with Crippen molar-refractivity contribution in [3.8, 4) is 0 Å². The highest BCUT2D eigenvalue weighted by molar-refractivity contribution is 4.82. The van der Waals surface area contributed by atoms with Gasteiger partial charge in [-0.15, -0.1) is 0 Å². The molecule has 1 fully saturated rings. The van der Waals surface area contributed by atoms with Gasteiger partial charge in [0.2, 0.25) is 0 Å². The zero-order valence-corrected chi connectivity index (χ0v) is 9.01. The van der Waals surface area contributed by atoms with Crippen LogP contribution < -0.4 is 0 Å². The van der Waals surface area contributed by atoms with E-state index in [1.807, 2.05) is 0 Å². The Hall–Kier alpha value is -0.0400. The minimum atomic E-state index is 0.734. The molecule has 0 N–H and O–H groups in total. The summed E-state index contributed by atoms with van der Waals surface area (Å²) in [4.78, 5) is 2.67. The minimum Gasteiger partial charge on any atom is -0.298 e. The summed E-state index contributed by atoms with van der Waals surface area (Å²) in [5.74, 6) is 0.813. The maximum Gasteiger partial charge on any atom is 0.00980 e. The molecule has 1 aliphatic rings. The van der Waals surface area contributed by atoms with E-state index in [-0.39, 0.29) is 0 Å². The van der Waals surface area contributed by atoms with Crippen LogP contribution in [-0.2, 0) is 0 Å². The van der Waals surface area contributed by atoms with E-state index in [0.717, 1.165) is 18.0 Å². The molecule has 0 heterocycles. The first kappa shape index (κ1) is 10.0. The zero-order valence-electron chi connectivity index (χ0n) is 9.01. The second-order valence-corrected chi connectivity index (χ2v) is 4.77. The molecule has 1 rings (SSSR count). The third kappa shape index (κ3) is 2.48. The highest BCUT2D eigenvalue weighted by atomic mass is 15.2. The summed E-state index contributed by atoms with van der Waals surface area (Å²) in [6.07, 6.45) is 4.32. The number of hydrogen-bond acceptors (Lipinski definition) is 1. The number of nitrogens with zero attached hydrogens (tertiary/aromatic N) is 1. The lowest BCUT2D eigenvalue weighted by Gasteiger charge is -2.41. The fourth-order valence-electron chi connectivity index (χ4n) is 1.92. The van der Waals surface area contributed by atoms with Crippen molar-refractivity contribution in [3.05, 3.63) is 0 Å². The molecule has 1 aliphatic carbocycles. The van der Waals surface area contributed by atoms with Gasteiger partial charge in [0.25, 0.3) is 0 Å². The Kier molecular flexibility index (Phi) is 3.57. The van der Waals surface area contributed by atoms with E-state index in [9.17, 15) is 0 Å². The van der Waals surface area contributed by atoms with Gasteiger partial charge in [-0.3, -0.25) is 4.90 Å². The molecule has 0 aromatic heterocycles. The first-order valence-electron chi connectivity index (χ1n) is 5.37. The summed E-state index contributed by atoms with van der Waals surface area (Å²) in [5.41, 5.74) is 0. The van der Waals surface area contributed by atoms with Crippen LogP contribution in [0.2, 0.25) is 0 Å². The third-order valence-corrected chi connectivity index (χ3v) is 2.78. The second-order valence-electron chi connectivity index (χ2n) is 4.77.